The van der Waals surface area contributed by atoms with Crippen molar-refractivity contribution in [2.75, 3.05) is 0 Å². The smallest absolute Gasteiger partial charge is 1.00 e. The average Bonchev–Trinajstić information content (AvgIpc) is 3.26. The van der Waals surface area contributed by atoms with Gasteiger partial charge in [-0.2, -0.15) is 23.3 Å². The molecule has 4 aromatic carbocycles. The molecule has 0 saturated carbocycles. The second-order valence-corrected chi connectivity index (χ2v) is 8.49. The average molecular weight is 513 g/mol. The van der Waals surface area contributed by atoms with E-state index >= 15 is 0 Å². The Morgan fingerprint density at radius 3 is 2.27 bits per heavy atom. The Labute approximate surface area is 212 Å². The minimum absolute atomic E-state index is 0. The second kappa shape index (κ2) is 10.9. The van der Waals surface area contributed by atoms with E-state index in [1.807, 2.05) is 6.07 Å². The van der Waals surface area contributed by atoms with E-state index in [2.05, 4.69) is 100 Å². The zero-order valence-corrected chi connectivity index (χ0v) is 21.9. The van der Waals surface area contributed by atoms with Crippen LogP contribution in [0.4, 0.5) is 0 Å². The fraction of sp³-hybridized carbons (Fsp3) is 0.222. The maximum absolute atomic E-state index is 3.39. The standard InChI is InChI=1S/C17H11.C10H15.2ClH.Zr/c1-3-7-14-12(5-1)9-10-16-15-8-4-2-6-13(15)11-17(14)16;1-8-5-6-9(7-8)10(2,3)4;;;/h1-6,8-10H,11H2;5-7H,1-4H3;2*1H;/q2*-1;;;+4/p-2. The number of hydrogen-bond donors (Lipinski definition) is 0. The second-order valence-electron chi connectivity index (χ2n) is 8.49. The summed E-state index contributed by atoms with van der Waals surface area (Å²) in [5.41, 5.74) is 8.76. The summed E-state index contributed by atoms with van der Waals surface area (Å²) in [5, 5.41) is 2.57. The molecule has 0 heterocycles. The van der Waals surface area contributed by atoms with Gasteiger partial charge in [-0.15, -0.1) is 40.6 Å². The Kier molecular flexibility index (Phi) is 9.68. The Morgan fingerprint density at radius 2 is 1.63 bits per heavy atom. The van der Waals surface area contributed by atoms with Crippen molar-refractivity contribution in [3.05, 3.63) is 101 Å². The summed E-state index contributed by atoms with van der Waals surface area (Å²) in [6.07, 6.45) is 1.04. The molecule has 0 saturated heterocycles. The number of fused-ring (bicyclic) bond motifs is 5. The Bertz CT molecular complexity index is 1100. The number of halogens is 2. The number of rotatable bonds is 0. The van der Waals surface area contributed by atoms with Crippen molar-refractivity contribution in [1.82, 2.24) is 0 Å². The van der Waals surface area contributed by atoms with Crippen LogP contribution in [-0.4, -0.2) is 0 Å². The van der Waals surface area contributed by atoms with Gasteiger partial charge >= 0.3 is 26.2 Å². The Morgan fingerprint density at radius 1 is 0.900 bits per heavy atom. The fourth-order valence-electron chi connectivity index (χ4n) is 3.85. The largest absolute Gasteiger partial charge is 4.00 e. The molecule has 5 rings (SSSR count). The van der Waals surface area contributed by atoms with Crippen molar-refractivity contribution in [2.24, 2.45) is 0 Å². The van der Waals surface area contributed by atoms with E-state index in [4.69, 9.17) is 0 Å². The van der Waals surface area contributed by atoms with Crippen molar-refractivity contribution in [1.29, 1.82) is 0 Å². The third-order valence-corrected chi connectivity index (χ3v) is 5.39. The van der Waals surface area contributed by atoms with Crippen molar-refractivity contribution in [2.45, 2.75) is 39.5 Å². The van der Waals surface area contributed by atoms with Gasteiger partial charge in [-0.05, 0) is 17.5 Å². The summed E-state index contributed by atoms with van der Waals surface area (Å²) in [6, 6.07) is 29.4. The van der Waals surface area contributed by atoms with E-state index in [1.54, 1.807) is 0 Å². The minimum atomic E-state index is 0. The number of aryl methyl sites for hydroxylation is 1. The normalized spacial score (nSPS) is 11.1. The fourth-order valence-corrected chi connectivity index (χ4v) is 3.85. The monoisotopic (exact) mass is 510 g/mol. The molecule has 1 aliphatic carbocycles. The Hall–Kier alpha value is -1.27. The van der Waals surface area contributed by atoms with Crippen LogP contribution in [0.15, 0.2) is 72.8 Å². The van der Waals surface area contributed by atoms with Gasteiger partial charge in [0.05, 0.1) is 0 Å². The van der Waals surface area contributed by atoms with Crippen LogP contribution < -0.4 is 24.8 Å². The number of hydrogen-bond acceptors (Lipinski definition) is 0. The van der Waals surface area contributed by atoms with Crippen LogP contribution in [0.5, 0.6) is 0 Å². The predicted octanol–water partition coefficient (Wildman–Crippen LogP) is 1.23. The van der Waals surface area contributed by atoms with Crippen molar-refractivity contribution in [3.63, 3.8) is 0 Å². The topological polar surface area (TPSA) is 0 Å². The number of benzene rings is 3. The Balaban J connectivity index is 0.000000306. The molecule has 1 aliphatic rings. The first-order valence-corrected chi connectivity index (χ1v) is 9.68. The van der Waals surface area contributed by atoms with Crippen LogP contribution in [-0.2, 0) is 38.0 Å². The van der Waals surface area contributed by atoms with Crippen molar-refractivity contribution < 1.29 is 51.0 Å². The van der Waals surface area contributed by atoms with Gasteiger partial charge in [-0.3, -0.25) is 0 Å². The SMILES string of the molecule is Cc1cc(C(C)(C)C)c[cH-]1.[Cl-].[Cl-].[Zr+4].[c-]1cccc2ccc3c(c12)Cc1ccccc1-3. The van der Waals surface area contributed by atoms with E-state index in [1.165, 1.54) is 44.2 Å². The molecule has 0 amide bonds. The molecule has 0 unspecified atom stereocenters. The summed E-state index contributed by atoms with van der Waals surface area (Å²) in [6.45, 7) is 8.85. The molecular formula is C27H26Cl2Zr. The summed E-state index contributed by atoms with van der Waals surface area (Å²) >= 11 is 0. The molecule has 30 heavy (non-hydrogen) atoms. The van der Waals surface area contributed by atoms with Gasteiger partial charge < -0.3 is 24.8 Å². The summed E-state index contributed by atoms with van der Waals surface area (Å²) in [4.78, 5) is 0. The van der Waals surface area contributed by atoms with Crippen LogP contribution in [0.1, 0.15) is 43.0 Å². The van der Waals surface area contributed by atoms with Crippen LogP contribution in [0.3, 0.4) is 0 Å². The first kappa shape index (κ1) is 26.8. The van der Waals surface area contributed by atoms with Gasteiger partial charge in [-0.1, -0.05) is 75.1 Å². The molecule has 0 fully saturated rings. The maximum atomic E-state index is 3.39. The van der Waals surface area contributed by atoms with Crippen LogP contribution >= 0.6 is 0 Å². The van der Waals surface area contributed by atoms with Gasteiger partial charge in [0.25, 0.3) is 0 Å². The molecular weight excluding hydrogens is 486 g/mol. The van der Waals surface area contributed by atoms with Gasteiger partial charge in [0.1, 0.15) is 0 Å². The third kappa shape index (κ3) is 5.50. The zero-order chi connectivity index (χ0) is 19.0. The zero-order valence-electron chi connectivity index (χ0n) is 17.9. The van der Waals surface area contributed by atoms with Crippen LogP contribution in [0.25, 0.3) is 21.9 Å². The van der Waals surface area contributed by atoms with E-state index in [-0.39, 0.29) is 51.0 Å². The van der Waals surface area contributed by atoms with Crippen molar-refractivity contribution >= 4 is 10.8 Å². The summed E-state index contributed by atoms with van der Waals surface area (Å²) in [5.74, 6) is 0. The maximum Gasteiger partial charge on any atom is 4.00 e. The molecule has 0 radical (unpaired) electrons. The molecule has 4 aromatic rings. The molecule has 0 bridgehead atoms. The van der Waals surface area contributed by atoms with E-state index in [0.29, 0.717) is 5.41 Å². The molecule has 3 heteroatoms. The van der Waals surface area contributed by atoms with Crippen molar-refractivity contribution in [3.8, 4) is 11.1 Å². The molecule has 0 aliphatic heterocycles. The molecule has 152 valence electrons. The van der Waals surface area contributed by atoms with E-state index < -0.39 is 0 Å². The van der Waals surface area contributed by atoms with E-state index in [9.17, 15) is 0 Å². The molecule has 0 aromatic heterocycles. The third-order valence-electron chi connectivity index (χ3n) is 5.39. The predicted molar refractivity (Wildman–Crippen MR) is 116 cm³/mol. The molecule has 0 N–H and O–H groups in total. The summed E-state index contributed by atoms with van der Waals surface area (Å²) < 4.78 is 0. The van der Waals surface area contributed by atoms with Gasteiger partial charge in [0, 0.05) is 0 Å². The molecule has 0 atom stereocenters. The van der Waals surface area contributed by atoms with Gasteiger partial charge in [0.2, 0.25) is 0 Å². The minimum Gasteiger partial charge on any atom is -1.00 e. The summed E-state index contributed by atoms with van der Waals surface area (Å²) in [7, 11) is 0. The molecule has 0 spiro atoms. The first-order chi connectivity index (χ1) is 12.9. The first-order valence-electron chi connectivity index (χ1n) is 9.68. The molecule has 0 nitrogen and oxygen atoms in total. The quantitative estimate of drug-likeness (QED) is 0.274. The van der Waals surface area contributed by atoms with E-state index in [0.717, 1.165) is 6.42 Å². The van der Waals surface area contributed by atoms with Crippen LogP contribution in [0, 0.1) is 13.0 Å². The van der Waals surface area contributed by atoms with Gasteiger partial charge in [0.15, 0.2) is 0 Å². The van der Waals surface area contributed by atoms with Gasteiger partial charge in [-0.25, -0.2) is 6.07 Å². The van der Waals surface area contributed by atoms with Crippen LogP contribution in [0.2, 0.25) is 0 Å².